The third kappa shape index (κ3) is 2.26. The van der Waals surface area contributed by atoms with Gasteiger partial charge in [-0.25, -0.2) is 4.79 Å². The van der Waals surface area contributed by atoms with Gasteiger partial charge in [-0.1, -0.05) is 35.0 Å². The summed E-state index contributed by atoms with van der Waals surface area (Å²) < 4.78 is 9.30. The Morgan fingerprint density at radius 1 is 1.05 bits per heavy atom. The van der Waals surface area contributed by atoms with E-state index in [9.17, 15) is 4.79 Å². The first-order valence-corrected chi connectivity index (χ1v) is 7.54. The Kier molecular flexibility index (Phi) is 3.92. The van der Waals surface area contributed by atoms with Crippen LogP contribution in [0.2, 0.25) is 0 Å². The van der Waals surface area contributed by atoms with Crippen LogP contribution in [0.1, 0.15) is 24.3 Å². The van der Waals surface area contributed by atoms with Gasteiger partial charge in [0.1, 0.15) is 11.2 Å². The van der Waals surface area contributed by atoms with Gasteiger partial charge in [-0.2, -0.15) is 0 Å². The number of carbonyl (C=O) groups is 1. The number of fused-ring (bicyclic) bond motifs is 1. The molecule has 1 aromatic heterocycles. The smallest absolute Gasteiger partial charge is 0.406 e. The van der Waals surface area contributed by atoms with E-state index in [4.69, 9.17) is 4.74 Å². The minimum absolute atomic E-state index is 0.282. The highest BCUT2D eigenvalue weighted by Gasteiger charge is 2.31. The molecular weight excluding hydrogens is 276 g/mol. The predicted octanol–water partition coefficient (Wildman–Crippen LogP) is 3.11. The fourth-order valence-corrected chi connectivity index (χ4v) is 2.79. The van der Waals surface area contributed by atoms with Crippen molar-refractivity contribution in [2.75, 3.05) is 6.61 Å². The highest BCUT2D eigenvalue weighted by atomic mass is 16.5. The first kappa shape index (κ1) is 14.3. The van der Waals surface area contributed by atoms with Gasteiger partial charge in [0.25, 0.3) is 0 Å². The molecule has 1 heterocycles. The molecule has 0 fully saturated rings. The van der Waals surface area contributed by atoms with Crippen LogP contribution in [0.5, 0.6) is 0 Å². The van der Waals surface area contributed by atoms with Crippen molar-refractivity contribution in [2.24, 2.45) is 0 Å². The summed E-state index contributed by atoms with van der Waals surface area (Å²) in [5.74, 6) is -0.282. The van der Waals surface area contributed by atoms with Crippen LogP contribution in [0.25, 0.3) is 16.6 Å². The second kappa shape index (κ2) is 6.02. The van der Waals surface area contributed by atoms with Gasteiger partial charge in [-0.3, -0.25) is 0 Å². The van der Waals surface area contributed by atoms with Crippen molar-refractivity contribution in [3.63, 3.8) is 0 Å². The van der Waals surface area contributed by atoms with Gasteiger partial charge in [0.2, 0.25) is 0 Å². The zero-order valence-electron chi connectivity index (χ0n) is 12.8. The van der Waals surface area contributed by atoms with Gasteiger partial charge >= 0.3 is 11.7 Å². The molecule has 0 unspecified atom stereocenters. The lowest BCUT2D eigenvalue weighted by Gasteiger charge is -2.04. The highest BCUT2D eigenvalue weighted by Crippen LogP contribution is 2.21. The molecule has 0 radical (unpaired) electrons. The van der Waals surface area contributed by atoms with Crippen molar-refractivity contribution >= 4 is 16.9 Å². The molecule has 2 aromatic carbocycles. The second-order valence-corrected chi connectivity index (χ2v) is 4.95. The van der Waals surface area contributed by atoms with Gasteiger partial charge in [-0.15, -0.1) is 4.68 Å². The number of nitrogens with zero attached hydrogens (tertiary/aromatic N) is 2. The Bertz CT molecular complexity index is 807. The van der Waals surface area contributed by atoms with Crippen molar-refractivity contribution in [1.82, 2.24) is 4.68 Å². The standard InChI is InChI=1S/C18H19N2O2/c1-3-19-17(18(21)22-4-2)15-12-8-9-13-16(15)20(19)14-10-6-5-7-11-14/h5-13H,3-4H2,1-2H3/q+1. The maximum absolute atomic E-state index is 12.4. The molecule has 4 nitrogen and oxygen atoms in total. The first-order chi connectivity index (χ1) is 10.8. The highest BCUT2D eigenvalue weighted by molar-refractivity contribution is 6.00. The van der Waals surface area contributed by atoms with Crippen LogP contribution in [0.15, 0.2) is 54.6 Å². The number of rotatable bonds is 4. The number of esters is 1. The number of hydrogen-bond donors (Lipinski definition) is 0. The minimum Gasteiger partial charge on any atom is -0.458 e. The topological polar surface area (TPSA) is 35.1 Å². The average molecular weight is 295 g/mol. The Morgan fingerprint density at radius 3 is 2.41 bits per heavy atom. The molecule has 3 rings (SSSR count). The van der Waals surface area contributed by atoms with Gasteiger partial charge in [0, 0.05) is 0 Å². The molecule has 0 bridgehead atoms. The number of para-hydroxylation sites is 2. The molecule has 0 saturated carbocycles. The van der Waals surface area contributed by atoms with Crippen molar-refractivity contribution in [1.29, 1.82) is 0 Å². The molecule has 0 spiro atoms. The lowest BCUT2D eigenvalue weighted by Crippen LogP contribution is -2.46. The third-order valence-electron chi connectivity index (χ3n) is 3.66. The quantitative estimate of drug-likeness (QED) is 0.547. The summed E-state index contributed by atoms with van der Waals surface area (Å²) in [5.41, 5.74) is 2.62. The Balaban J connectivity index is 2.35. The molecule has 0 amide bonds. The van der Waals surface area contributed by atoms with E-state index < -0.39 is 0 Å². The summed E-state index contributed by atoms with van der Waals surface area (Å²) in [6.07, 6.45) is 0. The lowest BCUT2D eigenvalue weighted by atomic mass is 10.2. The molecular formula is C18H19N2O2+. The normalized spacial score (nSPS) is 10.8. The molecule has 0 aliphatic carbocycles. The predicted molar refractivity (Wildman–Crippen MR) is 85.1 cm³/mol. The first-order valence-electron chi connectivity index (χ1n) is 7.54. The van der Waals surface area contributed by atoms with Crippen molar-refractivity contribution in [2.45, 2.75) is 20.4 Å². The summed E-state index contributed by atoms with van der Waals surface area (Å²) in [6.45, 7) is 4.90. The van der Waals surface area contributed by atoms with Crippen LogP contribution in [0.3, 0.4) is 0 Å². The Labute approximate surface area is 129 Å². The summed E-state index contributed by atoms with van der Waals surface area (Å²) in [4.78, 5) is 12.4. The fourth-order valence-electron chi connectivity index (χ4n) is 2.79. The van der Waals surface area contributed by atoms with Crippen LogP contribution < -0.4 is 4.68 Å². The number of carbonyl (C=O) groups excluding carboxylic acids is 1. The zero-order valence-corrected chi connectivity index (χ0v) is 12.8. The van der Waals surface area contributed by atoms with E-state index in [0.717, 1.165) is 16.6 Å². The van der Waals surface area contributed by atoms with E-state index in [0.29, 0.717) is 18.8 Å². The second-order valence-electron chi connectivity index (χ2n) is 4.95. The zero-order chi connectivity index (χ0) is 15.5. The Morgan fingerprint density at radius 2 is 1.73 bits per heavy atom. The van der Waals surface area contributed by atoms with Gasteiger partial charge in [0.15, 0.2) is 6.54 Å². The van der Waals surface area contributed by atoms with Crippen LogP contribution in [-0.2, 0) is 11.3 Å². The lowest BCUT2D eigenvalue weighted by molar-refractivity contribution is -0.763. The summed E-state index contributed by atoms with van der Waals surface area (Å²) in [6, 6.07) is 18.0. The van der Waals surface area contributed by atoms with Crippen molar-refractivity contribution in [3.05, 3.63) is 60.3 Å². The monoisotopic (exact) mass is 295 g/mol. The van der Waals surface area contributed by atoms with Crippen molar-refractivity contribution < 1.29 is 14.2 Å². The molecule has 22 heavy (non-hydrogen) atoms. The summed E-state index contributed by atoms with van der Waals surface area (Å²) >= 11 is 0. The number of hydrogen-bond acceptors (Lipinski definition) is 2. The average Bonchev–Trinajstić information content (AvgIpc) is 2.90. The minimum atomic E-state index is -0.282. The van der Waals surface area contributed by atoms with E-state index in [1.54, 1.807) is 0 Å². The van der Waals surface area contributed by atoms with Crippen LogP contribution in [0, 0.1) is 0 Å². The van der Waals surface area contributed by atoms with Gasteiger partial charge < -0.3 is 4.74 Å². The van der Waals surface area contributed by atoms with Crippen LogP contribution in [0.4, 0.5) is 0 Å². The molecule has 0 saturated heterocycles. The van der Waals surface area contributed by atoms with E-state index in [-0.39, 0.29) is 5.97 Å². The number of benzene rings is 2. The molecule has 4 heteroatoms. The molecule has 112 valence electrons. The summed E-state index contributed by atoms with van der Waals surface area (Å²) in [5, 5.41) is 0.909. The van der Waals surface area contributed by atoms with E-state index in [1.165, 1.54) is 0 Å². The molecule has 0 atom stereocenters. The maximum atomic E-state index is 12.4. The fraction of sp³-hybridized carbons (Fsp3) is 0.222. The molecule has 0 N–H and O–H groups in total. The summed E-state index contributed by atoms with van der Waals surface area (Å²) in [7, 11) is 0. The van der Waals surface area contributed by atoms with Crippen molar-refractivity contribution in [3.8, 4) is 5.69 Å². The van der Waals surface area contributed by atoms with Gasteiger partial charge in [0.05, 0.1) is 12.0 Å². The van der Waals surface area contributed by atoms with E-state index in [1.807, 2.05) is 73.1 Å². The Hall–Kier alpha value is -2.62. The van der Waals surface area contributed by atoms with Crippen LogP contribution >= 0.6 is 0 Å². The largest absolute Gasteiger partial charge is 0.458 e. The third-order valence-corrected chi connectivity index (χ3v) is 3.66. The van der Waals surface area contributed by atoms with Gasteiger partial charge in [-0.05, 0) is 38.1 Å². The number of ether oxygens (including phenoxy) is 1. The SMILES string of the molecule is CCOC(=O)c1c2ccccc2n(-c2ccccc2)[n+]1CC. The molecule has 0 aliphatic rings. The van der Waals surface area contributed by atoms with E-state index in [2.05, 4.69) is 4.68 Å². The maximum Gasteiger partial charge on any atom is 0.406 e. The van der Waals surface area contributed by atoms with Crippen LogP contribution in [-0.4, -0.2) is 17.3 Å². The molecule has 3 aromatic rings. The number of aromatic nitrogens is 2. The van der Waals surface area contributed by atoms with E-state index >= 15 is 0 Å². The molecule has 0 aliphatic heterocycles.